The number of nitrogens with zero attached hydrogens (tertiary/aromatic N) is 2. The van der Waals surface area contributed by atoms with E-state index in [1.807, 2.05) is 75.4 Å². The van der Waals surface area contributed by atoms with Gasteiger partial charge in [-0.3, -0.25) is 9.59 Å². The first kappa shape index (κ1) is 24.0. The van der Waals surface area contributed by atoms with Crippen LogP contribution in [0.25, 0.3) is 0 Å². The van der Waals surface area contributed by atoms with Crippen LogP contribution >= 0.6 is 0 Å². The first-order valence-electron chi connectivity index (χ1n) is 11.0. The number of hydrogen-bond donors (Lipinski definition) is 1. The SMILES string of the molecule is COc1ccc(CCNC(=O)c2cc(CN(Cc3ccccc3)C(=O)C(C)(C)C)on2)cc1. The molecule has 0 saturated carbocycles. The molecular weight excluding hydrogens is 418 g/mol. The van der Waals surface area contributed by atoms with E-state index in [0.29, 0.717) is 25.3 Å². The first-order chi connectivity index (χ1) is 15.8. The molecule has 1 N–H and O–H groups in total. The number of benzene rings is 2. The van der Waals surface area contributed by atoms with E-state index >= 15 is 0 Å². The summed E-state index contributed by atoms with van der Waals surface area (Å²) >= 11 is 0. The van der Waals surface area contributed by atoms with Gasteiger partial charge in [0.1, 0.15) is 5.75 Å². The number of methoxy groups -OCH3 is 1. The summed E-state index contributed by atoms with van der Waals surface area (Å²) in [5.41, 5.74) is 1.76. The van der Waals surface area contributed by atoms with Crippen molar-refractivity contribution in [2.75, 3.05) is 13.7 Å². The van der Waals surface area contributed by atoms with Gasteiger partial charge in [0.15, 0.2) is 11.5 Å². The zero-order chi connectivity index (χ0) is 23.8. The van der Waals surface area contributed by atoms with Crippen LogP contribution in [-0.4, -0.2) is 35.5 Å². The van der Waals surface area contributed by atoms with Crippen molar-refractivity contribution in [3.8, 4) is 5.75 Å². The van der Waals surface area contributed by atoms with Gasteiger partial charge in [-0.2, -0.15) is 0 Å². The molecule has 7 heteroatoms. The molecular formula is C26H31N3O4. The molecule has 2 amide bonds. The number of amides is 2. The molecule has 0 spiro atoms. The molecule has 1 aromatic heterocycles. The number of carbonyl (C=O) groups excluding carboxylic acids is 2. The van der Waals surface area contributed by atoms with E-state index < -0.39 is 5.41 Å². The van der Waals surface area contributed by atoms with E-state index in [0.717, 1.165) is 16.9 Å². The van der Waals surface area contributed by atoms with Crippen LogP contribution in [0.5, 0.6) is 5.75 Å². The Balaban J connectivity index is 1.60. The van der Waals surface area contributed by atoms with Gasteiger partial charge in [0.05, 0.1) is 13.7 Å². The maximum Gasteiger partial charge on any atom is 0.273 e. The summed E-state index contributed by atoms with van der Waals surface area (Å²) in [6.45, 7) is 6.80. The topological polar surface area (TPSA) is 84.7 Å². The van der Waals surface area contributed by atoms with Crippen LogP contribution in [0.3, 0.4) is 0 Å². The van der Waals surface area contributed by atoms with Crippen LogP contribution < -0.4 is 10.1 Å². The third kappa shape index (κ3) is 6.94. The number of nitrogens with one attached hydrogen (secondary N) is 1. The molecule has 174 valence electrons. The van der Waals surface area contributed by atoms with E-state index in [2.05, 4.69) is 10.5 Å². The Bertz CT molecular complexity index is 1050. The predicted molar refractivity (Wildman–Crippen MR) is 126 cm³/mol. The van der Waals surface area contributed by atoms with E-state index in [1.54, 1.807) is 18.1 Å². The quantitative estimate of drug-likeness (QED) is 0.528. The number of rotatable bonds is 9. The van der Waals surface area contributed by atoms with Gasteiger partial charge in [-0.05, 0) is 29.7 Å². The van der Waals surface area contributed by atoms with Crippen molar-refractivity contribution in [2.45, 2.75) is 40.3 Å². The molecule has 0 unspecified atom stereocenters. The molecule has 0 bridgehead atoms. The average Bonchev–Trinajstić information content (AvgIpc) is 3.27. The molecule has 0 radical (unpaired) electrons. The van der Waals surface area contributed by atoms with Gasteiger partial charge in [-0.25, -0.2) is 0 Å². The Labute approximate surface area is 194 Å². The highest BCUT2D eigenvalue weighted by molar-refractivity contribution is 5.92. The van der Waals surface area contributed by atoms with Crippen molar-refractivity contribution >= 4 is 11.8 Å². The second-order valence-corrected chi connectivity index (χ2v) is 8.93. The maximum absolute atomic E-state index is 13.0. The first-order valence-corrected chi connectivity index (χ1v) is 11.0. The number of aromatic nitrogens is 1. The molecule has 0 fully saturated rings. The molecule has 0 aliphatic heterocycles. The lowest BCUT2D eigenvalue weighted by molar-refractivity contribution is -0.141. The lowest BCUT2D eigenvalue weighted by Gasteiger charge is -2.28. The summed E-state index contributed by atoms with van der Waals surface area (Å²) in [5.74, 6) is 0.941. The summed E-state index contributed by atoms with van der Waals surface area (Å²) in [6, 6.07) is 19.1. The fourth-order valence-corrected chi connectivity index (χ4v) is 3.36. The summed E-state index contributed by atoms with van der Waals surface area (Å²) in [6.07, 6.45) is 0.686. The van der Waals surface area contributed by atoms with E-state index in [4.69, 9.17) is 9.26 Å². The van der Waals surface area contributed by atoms with Crippen LogP contribution in [0.2, 0.25) is 0 Å². The minimum atomic E-state index is -0.545. The van der Waals surface area contributed by atoms with Crippen LogP contribution in [0.1, 0.15) is 48.1 Å². The van der Waals surface area contributed by atoms with Crippen molar-refractivity contribution in [1.82, 2.24) is 15.4 Å². The molecule has 0 aliphatic rings. The minimum Gasteiger partial charge on any atom is -0.497 e. The molecule has 1 heterocycles. The molecule has 3 aromatic rings. The van der Waals surface area contributed by atoms with Gasteiger partial charge in [0.25, 0.3) is 5.91 Å². The van der Waals surface area contributed by atoms with E-state index in [1.165, 1.54) is 0 Å². The number of carbonyl (C=O) groups is 2. The smallest absolute Gasteiger partial charge is 0.273 e. The summed E-state index contributed by atoms with van der Waals surface area (Å²) in [7, 11) is 1.63. The van der Waals surface area contributed by atoms with Crippen LogP contribution in [0.4, 0.5) is 0 Å². The maximum atomic E-state index is 13.0. The zero-order valence-corrected chi connectivity index (χ0v) is 19.6. The van der Waals surface area contributed by atoms with Gasteiger partial charge in [-0.1, -0.05) is 68.4 Å². The Hall–Kier alpha value is -3.61. The van der Waals surface area contributed by atoms with Crippen molar-refractivity contribution in [2.24, 2.45) is 5.41 Å². The highest BCUT2D eigenvalue weighted by Crippen LogP contribution is 2.21. The third-order valence-corrected chi connectivity index (χ3v) is 5.14. The second kappa shape index (κ2) is 10.8. The van der Waals surface area contributed by atoms with Gasteiger partial charge in [0.2, 0.25) is 5.91 Å². The lowest BCUT2D eigenvalue weighted by Crippen LogP contribution is -2.38. The fraction of sp³-hybridized carbons (Fsp3) is 0.346. The van der Waals surface area contributed by atoms with Gasteiger partial charge in [-0.15, -0.1) is 0 Å². The Morgan fingerprint density at radius 3 is 2.33 bits per heavy atom. The molecule has 0 aliphatic carbocycles. The van der Waals surface area contributed by atoms with Crippen molar-refractivity contribution < 1.29 is 18.8 Å². The standard InChI is InChI=1S/C26H31N3O4/c1-26(2,3)25(31)29(17-20-8-6-5-7-9-20)18-22-16-23(28-33-22)24(30)27-15-14-19-10-12-21(32-4)13-11-19/h5-13,16H,14-15,17-18H2,1-4H3,(H,27,30). The molecule has 0 atom stereocenters. The molecule has 7 nitrogen and oxygen atoms in total. The van der Waals surface area contributed by atoms with Crippen molar-refractivity contribution in [1.29, 1.82) is 0 Å². The largest absolute Gasteiger partial charge is 0.497 e. The van der Waals surface area contributed by atoms with Gasteiger partial charge >= 0.3 is 0 Å². The highest BCUT2D eigenvalue weighted by atomic mass is 16.5. The molecule has 2 aromatic carbocycles. The van der Waals surface area contributed by atoms with Crippen LogP contribution in [0, 0.1) is 5.41 Å². The molecule has 0 saturated heterocycles. The van der Waals surface area contributed by atoms with Gasteiger partial charge in [0, 0.05) is 24.6 Å². The van der Waals surface area contributed by atoms with Crippen LogP contribution in [0.15, 0.2) is 65.2 Å². The van der Waals surface area contributed by atoms with Crippen LogP contribution in [-0.2, 0) is 24.3 Å². The number of hydrogen-bond acceptors (Lipinski definition) is 5. The molecule has 33 heavy (non-hydrogen) atoms. The minimum absolute atomic E-state index is 0.00625. The Morgan fingerprint density at radius 2 is 1.70 bits per heavy atom. The molecule has 3 rings (SSSR count). The Morgan fingerprint density at radius 1 is 1.00 bits per heavy atom. The van der Waals surface area contributed by atoms with Gasteiger partial charge < -0.3 is 19.5 Å². The normalized spacial score (nSPS) is 11.2. The summed E-state index contributed by atoms with van der Waals surface area (Å²) in [5, 5.41) is 6.76. The summed E-state index contributed by atoms with van der Waals surface area (Å²) in [4.78, 5) is 27.2. The fourth-order valence-electron chi connectivity index (χ4n) is 3.36. The predicted octanol–water partition coefficient (Wildman–Crippen LogP) is 4.23. The third-order valence-electron chi connectivity index (χ3n) is 5.14. The van der Waals surface area contributed by atoms with E-state index in [-0.39, 0.29) is 24.1 Å². The monoisotopic (exact) mass is 449 g/mol. The summed E-state index contributed by atoms with van der Waals surface area (Å²) < 4.78 is 10.5. The Kier molecular flexibility index (Phi) is 7.87. The lowest BCUT2D eigenvalue weighted by atomic mass is 9.94. The highest BCUT2D eigenvalue weighted by Gasteiger charge is 2.28. The van der Waals surface area contributed by atoms with E-state index in [9.17, 15) is 9.59 Å². The van der Waals surface area contributed by atoms with Crippen molar-refractivity contribution in [3.63, 3.8) is 0 Å². The second-order valence-electron chi connectivity index (χ2n) is 8.93. The van der Waals surface area contributed by atoms with Crippen molar-refractivity contribution in [3.05, 3.63) is 83.2 Å². The average molecular weight is 450 g/mol. The zero-order valence-electron chi connectivity index (χ0n) is 19.6. The number of ether oxygens (including phenoxy) is 1.